The molecule has 0 saturated heterocycles. The first-order valence-corrected chi connectivity index (χ1v) is 5.17. The molecule has 1 aromatic heterocycles. The average Bonchev–Trinajstić information content (AvgIpc) is 2.53. The lowest BCUT2D eigenvalue weighted by Crippen LogP contribution is -2.17. The van der Waals surface area contributed by atoms with Crippen LogP contribution in [0.25, 0.3) is 0 Å². The van der Waals surface area contributed by atoms with E-state index in [1.54, 1.807) is 11.3 Å². The van der Waals surface area contributed by atoms with Gasteiger partial charge in [0.1, 0.15) is 0 Å². The van der Waals surface area contributed by atoms with Crippen molar-refractivity contribution in [3.8, 4) is 0 Å². The maximum Gasteiger partial charge on any atom is 0.0931 e. The van der Waals surface area contributed by atoms with Crippen LogP contribution in [0.15, 0.2) is 11.4 Å². The van der Waals surface area contributed by atoms with Crippen LogP contribution in [0, 0.1) is 0 Å². The minimum absolute atomic E-state index is 0.277. The van der Waals surface area contributed by atoms with Gasteiger partial charge in [-0.05, 0) is 36.4 Å². The summed E-state index contributed by atoms with van der Waals surface area (Å²) >= 11 is 1.79. The van der Waals surface area contributed by atoms with Gasteiger partial charge in [-0.15, -0.1) is 11.3 Å². The number of ether oxygens (including phenoxy) is 1. The van der Waals surface area contributed by atoms with E-state index in [2.05, 4.69) is 11.4 Å². The molecular weight excluding hydrogens is 170 g/mol. The van der Waals surface area contributed by atoms with E-state index in [9.17, 15) is 0 Å². The Kier molecular flexibility index (Phi) is 2.44. The smallest absolute Gasteiger partial charge is 0.0931 e. The lowest BCUT2D eigenvalue weighted by Gasteiger charge is -2.22. The largest absolute Gasteiger partial charge is 0.372 e. The van der Waals surface area contributed by atoms with Gasteiger partial charge in [0.2, 0.25) is 0 Å². The lowest BCUT2D eigenvalue weighted by molar-refractivity contribution is 0.0413. The van der Waals surface area contributed by atoms with Gasteiger partial charge in [0.15, 0.2) is 0 Å². The molecule has 0 bridgehead atoms. The van der Waals surface area contributed by atoms with Crippen molar-refractivity contribution >= 4 is 11.3 Å². The topological polar surface area (TPSA) is 35.2 Å². The summed E-state index contributed by atoms with van der Waals surface area (Å²) in [6, 6.07) is 2.20. The Morgan fingerprint density at radius 3 is 3.42 bits per heavy atom. The fraction of sp³-hybridized carbons (Fsp3) is 0.556. The van der Waals surface area contributed by atoms with Gasteiger partial charge in [-0.2, -0.15) is 0 Å². The fourth-order valence-electron chi connectivity index (χ4n) is 1.59. The zero-order chi connectivity index (χ0) is 8.39. The van der Waals surface area contributed by atoms with Crippen LogP contribution in [0.4, 0.5) is 0 Å². The molecule has 0 saturated carbocycles. The third-order valence-corrected chi connectivity index (χ3v) is 3.24. The number of nitrogens with two attached hydrogens (primary N) is 1. The molecule has 0 radical (unpaired) electrons. The van der Waals surface area contributed by atoms with Crippen LogP contribution < -0.4 is 5.73 Å². The summed E-state index contributed by atoms with van der Waals surface area (Å²) in [7, 11) is 0. The molecule has 0 unspecified atom stereocenters. The summed E-state index contributed by atoms with van der Waals surface area (Å²) in [6.45, 7) is 1.57. The third kappa shape index (κ3) is 1.40. The Hall–Kier alpha value is -0.380. The van der Waals surface area contributed by atoms with E-state index in [0.29, 0.717) is 6.54 Å². The predicted octanol–water partition coefficient (Wildman–Crippen LogP) is 1.71. The highest BCUT2D eigenvalue weighted by atomic mass is 32.1. The molecule has 0 fully saturated rings. The molecule has 0 aliphatic carbocycles. The molecular formula is C9H13NOS. The maximum atomic E-state index is 5.63. The van der Waals surface area contributed by atoms with E-state index in [-0.39, 0.29) is 6.10 Å². The maximum absolute atomic E-state index is 5.63. The predicted molar refractivity (Wildman–Crippen MR) is 50.4 cm³/mol. The molecule has 0 amide bonds. The summed E-state index contributed by atoms with van der Waals surface area (Å²) in [5.41, 5.74) is 6.97. The van der Waals surface area contributed by atoms with Gasteiger partial charge >= 0.3 is 0 Å². The van der Waals surface area contributed by atoms with Crippen molar-refractivity contribution in [2.24, 2.45) is 5.73 Å². The van der Waals surface area contributed by atoms with Crippen molar-refractivity contribution in [3.63, 3.8) is 0 Å². The molecule has 2 N–H and O–H groups in total. The van der Waals surface area contributed by atoms with Crippen molar-refractivity contribution < 1.29 is 4.74 Å². The molecule has 1 aromatic rings. The number of fused-ring (bicyclic) bond motifs is 1. The zero-order valence-corrected chi connectivity index (χ0v) is 7.77. The monoisotopic (exact) mass is 183 g/mol. The van der Waals surface area contributed by atoms with Gasteiger partial charge < -0.3 is 10.5 Å². The third-order valence-electron chi connectivity index (χ3n) is 2.19. The van der Waals surface area contributed by atoms with Crippen LogP contribution in [0.3, 0.4) is 0 Å². The molecule has 2 rings (SSSR count). The second-order valence-corrected chi connectivity index (χ2v) is 3.94. The van der Waals surface area contributed by atoms with E-state index in [4.69, 9.17) is 10.5 Å². The number of rotatable bonds is 2. The standard InChI is InChI=1S/C9H13NOS/c10-4-1-8-9-7(2-5-11-8)3-6-12-9/h3,6,8H,1-2,4-5,10H2/t8-/m1/s1. The van der Waals surface area contributed by atoms with E-state index in [0.717, 1.165) is 19.4 Å². The zero-order valence-electron chi connectivity index (χ0n) is 6.95. The molecule has 2 nitrogen and oxygen atoms in total. The van der Waals surface area contributed by atoms with Gasteiger partial charge in [-0.25, -0.2) is 0 Å². The minimum atomic E-state index is 0.277. The van der Waals surface area contributed by atoms with Crippen LogP contribution in [0.2, 0.25) is 0 Å². The molecule has 3 heteroatoms. The summed E-state index contributed by atoms with van der Waals surface area (Å²) in [5.74, 6) is 0. The van der Waals surface area contributed by atoms with E-state index < -0.39 is 0 Å². The molecule has 0 aromatic carbocycles. The Bertz CT molecular complexity index is 259. The lowest BCUT2D eigenvalue weighted by atomic mass is 10.1. The van der Waals surface area contributed by atoms with E-state index in [1.807, 2.05) is 0 Å². The molecule has 0 spiro atoms. The molecule has 2 heterocycles. The first kappa shape index (κ1) is 8.23. The van der Waals surface area contributed by atoms with Crippen LogP contribution in [-0.2, 0) is 11.2 Å². The average molecular weight is 183 g/mol. The van der Waals surface area contributed by atoms with Crippen LogP contribution in [0.1, 0.15) is 23.0 Å². The van der Waals surface area contributed by atoms with E-state index >= 15 is 0 Å². The Morgan fingerprint density at radius 2 is 2.58 bits per heavy atom. The molecule has 66 valence electrons. The second-order valence-electron chi connectivity index (χ2n) is 3.00. The highest BCUT2D eigenvalue weighted by Gasteiger charge is 2.20. The van der Waals surface area contributed by atoms with Gasteiger partial charge in [-0.3, -0.25) is 0 Å². The van der Waals surface area contributed by atoms with Crippen molar-refractivity contribution in [2.75, 3.05) is 13.2 Å². The second kappa shape index (κ2) is 3.56. The van der Waals surface area contributed by atoms with Crippen molar-refractivity contribution in [1.29, 1.82) is 0 Å². The molecule has 1 aliphatic heterocycles. The van der Waals surface area contributed by atoms with Crippen LogP contribution >= 0.6 is 11.3 Å². The molecule has 1 atom stereocenters. The summed E-state index contributed by atoms with van der Waals surface area (Å²) in [6.07, 6.45) is 2.30. The SMILES string of the molecule is NCC[C@H]1OCCc2ccsc21. The highest BCUT2D eigenvalue weighted by molar-refractivity contribution is 7.10. The van der Waals surface area contributed by atoms with Gasteiger partial charge in [0, 0.05) is 4.88 Å². The number of hydrogen-bond acceptors (Lipinski definition) is 3. The van der Waals surface area contributed by atoms with E-state index in [1.165, 1.54) is 10.4 Å². The van der Waals surface area contributed by atoms with Crippen LogP contribution in [-0.4, -0.2) is 13.2 Å². The van der Waals surface area contributed by atoms with Gasteiger partial charge in [0.25, 0.3) is 0 Å². The van der Waals surface area contributed by atoms with Crippen molar-refractivity contribution in [2.45, 2.75) is 18.9 Å². The van der Waals surface area contributed by atoms with Crippen molar-refractivity contribution in [1.82, 2.24) is 0 Å². The Balaban J connectivity index is 2.19. The fourth-order valence-corrected chi connectivity index (χ4v) is 2.63. The van der Waals surface area contributed by atoms with Gasteiger partial charge in [0.05, 0.1) is 12.7 Å². The Morgan fingerprint density at radius 1 is 1.67 bits per heavy atom. The van der Waals surface area contributed by atoms with Crippen molar-refractivity contribution in [3.05, 3.63) is 21.9 Å². The quantitative estimate of drug-likeness (QED) is 0.757. The minimum Gasteiger partial charge on any atom is -0.372 e. The summed E-state index contributed by atoms with van der Waals surface area (Å²) in [5, 5.41) is 2.14. The van der Waals surface area contributed by atoms with Gasteiger partial charge in [-0.1, -0.05) is 0 Å². The molecule has 1 aliphatic rings. The number of thiophene rings is 1. The Labute approximate surface area is 76.3 Å². The summed E-state index contributed by atoms with van der Waals surface area (Å²) < 4.78 is 5.63. The normalized spacial score (nSPS) is 22.2. The number of hydrogen-bond donors (Lipinski definition) is 1. The van der Waals surface area contributed by atoms with Crippen LogP contribution in [0.5, 0.6) is 0 Å². The molecule has 12 heavy (non-hydrogen) atoms. The summed E-state index contributed by atoms with van der Waals surface area (Å²) in [4.78, 5) is 1.40. The highest BCUT2D eigenvalue weighted by Crippen LogP contribution is 2.33. The first-order chi connectivity index (χ1) is 5.92. The first-order valence-electron chi connectivity index (χ1n) is 4.29.